The van der Waals surface area contributed by atoms with Crippen LogP contribution in [0.2, 0.25) is 0 Å². The van der Waals surface area contributed by atoms with Crippen LogP contribution in [0.5, 0.6) is 0 Å². The van der Waals surface area contributed by atoms with Gasteiger partial charge in [0.25, 0.3) is 5.91 Å². The maximum atomic E-state index is 13.1. The van der Waals surface area contributed by atoms with Crippen LogP contribution in [0.4, 0.5) is 5.13 Å². The summed E-state index contributed by atoms with van der Waals surface area (Å²) in [4.78, 5) is 23.8. The highest BCUT2D eigenvalue weighted by molar-refractivity contribution is 7.89. The second-order valence-corrected chi connectivity index (χ2v) is 11.5. The number of methoxy groups -OCH3 is 1. The predicted molar refractivity (Wildman–Crippen MR) is 133 cm³/mol. The Labute approximate surface area is 213 Å². The highest BCUT2D eigenvalue weighted by Gasteiger charge is 2.26. The highest BCUT2D eigenvalue weighted by Crippen LogP contribution is 2.23. The minimum Gasteiger partial charge on any atom is -0.393 e. The lowest BCUT2D eigenvalue weighted by Crippen LogP contribution is -2.38. The Kier molecular flexibility index (Phi) is 9.04. The van der Waals surface area contributed by atoms with Gasteiger partial charge in [0.2, 0.25) is 10.0 Å². The van der Waals surface area contributed by atoms with E-state index < -0.39 is 22.0 Å². The predicted octanol–water partition coefficient (Wildman–Crippen LogP) is 2.02. The average molecular weight is 539 g/mol. The molecule has 2 heterocycles. The molecular weight excluding hydrogens is 508 g/mol. The Bertz CT molecular complexity index is 1160. The van der Waals surface area contributed by atoms with Gasteiger partial charge in [-0.25, -0.2) is 18.1 Å². The summed E-state index contributed by atoms with van der Waals surface area (Å²) in [6.07, 6.45) is 3.75. The molecule has 4 rings (SSSR count). The first-order valence-corrected chi connectivity index (χ1v) is 14.0. The summed E-state index contributed by atoms with van der Waals surface area (Å²) in [5.74, 6) is -0.553. The SMILES string of the molecule is COCc1cnc(NC(=O)/C(=N/O[C@@H]2CC[C@@H](O)C2)c2ccc(S(=O)(=O)NC3CCOCC3)cc2)s1. The Morgan fingerprint density at radius 3 is 2.64 bits per heavy atom. The van der Waals surface area contributed by atoms with E-state index in [-0.39, 0.29) is 22.8 Å². The van der Waals surface area contributed by atoms with Gasteiger partial charge in [0.1, 0.15) is 6.10 Å². The van der Waals surface area contributed by atoms with Crippen LogP contribution in [0.3, 0.4) is 0 Å². The van der Waals surface area contributed by atoms with Crippen LogP contribution in [0.1, 0.15) is 42.5 Å². The van der Waals surface area contributed by atoms with Gasteiger partial charge < -0.3 is 19.4 Å². The summed E-state index contributed by atoms with van der Waals surface area (Å²) in [6, 6.07) is 5.71. The van der Waals surface area contributed by atoms with E-state index in [4.69, 9.17) is 14.3 Å². The van der Waals surface area contributed by atoms with Gasteiger partial charge in [-0.15, -0.1) is 0 Å². The Morgan fingerprint density at radius 2 is 1.97 bits per heavy atom. The quantitative estimate of drug-likeness (QED) is 0.307. The molecule has 13 heteroatoms. The van der Waals surface area contributed by atoms with E-state index in [0.29, 0.717) is 62.6 Å². The number of aliphatic hydroxyl groups excluding tert-OH is 1. The molecule has 3 N–H and O–H groups in total. The number of aromatic nitrogens is 1. The molecule has 0 spiro atoms. The number of ether oxygens (including phenoxy) is 2. The smallest absolute Gasteiger partial charge is 0.280 e. The molecule has 36 heavy (non-hydrogen) atoms. The lowest BCUT2D eigenvalue weighted by atomic mass is 10.1. The highest BCUT2D eigenvalue weighted by atomic mass is 32.2. The van der Waals surface area contributed by atoms with Crippen molar-refractivity contribution in [2.24, 2.45) is 5.16 Å². The number of carbonyl (C=O) groups excluding carboxylic acids is 1. The van der Waals surface area contributed by atoms with Crippen molar-refractivity contribution >= 4 is 38.1 Å². The zero-order valence-electron chi connectivity index (χ0n) is 19.9. The third-order valence-corrected chi connectivity index (χ3v) is 8.33. The third kappa shape index (κ3) is 7.08. The third-order valence-electron chi connectivity index (χ3n) is 5.91. The summed E-state index contributed by atoms with van der Waals surface area (Å²) < 4.78 is 38.7. The van der Waals surface area contributed by atoms with Gasteiger partial charge in [0.05, 0.1) is 22.5 Å². The number of anilines is 1. The fraction of sp³-hybridized carbons (Fsp3) is 0.522. The van der Waals surface area contributed by atoms with Crippen molar-refractivity contribution in [2.75, 3.05) is 25.6 Å². The fourth-order valence-electron chi connectivity index (χ4n) is 3.99. The van der Waals surface area contributed by atoms with E-state index in [1.54, 1.807) is 13.3 Å². The van der Waals surface area contributed by atoms with Gasteiger partial charge in [-0.3, -0.25) is 10.1 Å². The van der Waals surface area contributed by atoms with Crippen LogP contribution in [0, 0.1) is 0 Å². The molecule has 1 aromatic carbocycles. The van der Waals surface area contributed by atoms with Crippen LogP contribution in [-0.4, -0.2) is 68.7 Å². The van der Waals surface area contributed by atoms with Gasteiger partial charge in [-0.05, 0) is 37.8 Å². The standard InChI is InChI=1S/C23H30N4O7S2/c1-32-14-19-13-24-23(35-19)25-22(29)21(26-34-18-5-4-17(28)12-18)15-2-6-20(7-3-15)36(30,31)27-16-8-10-33-11-9-16/h2-3,6-7,13,16-18,27-28H,4-5,8-12,14H2,1H3,(H,24,25,29)/b26-21+/t17-,18-/m1/s1. The monoisotopic (exact) mass is 538 g/mol. The molecule has 1 amide bonds. The Balaban J connectivity index is 1.52. The molecule has 1 saturated heterocycles. The van der Waals surface area contributed by atoms with Gasteiger partial charge in [0, 0.05) is 44.5 Å². The van der Waals surface area contributed by atoms with Crippen molar-refractivity contribution in [1.82, 2.24) is 9.71 Å². The average Bonchev–Trinajstić information content (AvgIpc) is 3.48. The normalized spacial score (nSPS) is 21.4. The molecular formula is C23H30N4O7S2. The maximum Gasteiger partial charge on any atom is 0.280 e. The minimum atomic E-state index is -3.73. The van der Waals surface area contributed by atoms with Crippen molar-refractivity contribution in [3.63, 3.8) is 0 Å². The zero-order valence-corrected chi connectivity index (χ0v) is 21.5. The summed E-state index contributed by atoms with van der Waals surface area (Å²) in [5.41, 5.74) is 0.353. The van der Waals surface area contributed by atoms with Crippen LogP contribution in [0.15, 0.2) is 40.5 Å². The largest absolute Gasteiger partial charge is 0.393 e. The van der Waals surface area contributed by atoms with Crippen LogP contribution < -0.4 is 10.0 Å². The molecule has 1 aliphatic heterocycles. The molecule has 0 unspecified atom stereocenters. The number of rotatable bonds is 10. The van der Waals surface area contributed by atoms with Crippen molar-refractivity contribution in [3.8, 4) is 0 Å². The van der Waals surface area contributed by atoms with Gasteiger partial charge in [-0.1, -0.05) is 28.6 Å². The minimum absolute atomic E-state index is 0.0267. The molecule has 1 aliphatic carbocycles. The molecule has 2 fully saturated rings. The fourth-order valence-corrected chi connectivity index (χ4v) is 6.08. The molecule has 2 atom stereocenters. The van der Waals surface area contributed by atoms with Crippen molar-refractivity contribution in [3.05, 3.63) is 40.9 Å². The van der Waals surface area contributed by atoms with E-state index in [1.165, 1.54) is 35.6 Å². The molecule has 0 radical (unpaired) electrons. The number of nitrogens with one attached hydrogen (secondary N) is 2. The zero-order chi connectivity index (χ0) is 25.5. The van der Waals surface area contributed by atoms with Gasteiger partial charge >= 0.3 is 0 Å². The van der Waals surface area contributed by atoms with Crippen LogP contribution in [-0.2, 0) is 35.7 Å². The van der Waals surface area contributed by atoms with Gasteiger partial charge in [-0.2, -0.15) is 0 Å². The number of thiazole rings is 1. The lowest BCUT2D eigenvalue weighted by molar-refractivity contribution is -0.110. The summed E-state index contributed by atoms with van der Waals surface area (Å²) in [7, 11) is -2.16. The van der Waals surface area contributed by atoms with Crippen LogP contribution in [0.25, 0.3) is 0 Å². The lowest BCUT2D eigenvalue weighted by Gasteiger charge is -2.23. The maximum absolute atomic E-state index is 13.1. The molecule has 196 valence electrons. The van der Waals surface area contributed by atoms with E-state index in [2.05, 4.69) is 20.2 Å². The van der Waals surface area contributed by atoms with E-state index in [0.717, 1.165) is 4.88 Å². The molecule has 2 aromatic rings. The van der Waals surface area contributed by atoms with E-state index in [9.17, 15) is 18.3 Å². The topological polar surface area (TPSA) is 148 Å². The molecule has 0 bridgehead atoms. The van der Waals surface area contributed by atoms with Crippen LogP contribution >= 0.6 is 11.3 Å². The number of sulfonamides is 1. The van der Waals surface area contributed by atoms with Crippen molar-refractivity contribution in [2.45, 2.75) is 61.9 Å². The Morgan fingerprint density at radius 1 is 1.22 bits per heavy atom. The van der Waals surface area contributed by atoms with Crippen molar-refractivity contribution in [1.29, 1.82) is 0 Å². The summed E-state index contributed by atoms with van der Waals surface area (Å²) in [6.45, 7) is 1.41. The molecule has 11 nitrogen and oxygen atoms in total. The second kappa shape index (κ2) is 12.2. The molecule has 2 aliphatic rings. The molecule has 1 aromatic heterocycles. The number of carbonyl (C=O) groups is 1. The first-order chi connectivity index (χ1) is 17.3. The van der Waals surface area contributed by atoms with E-state index >= 15 is 0 Å². The first kappa shape index (κ1) is 26.6. The molecule has 1 saturated carbocycles. The number of benzene rings is 1. The van der Waals surface area contributed by atoms with Crippen molar-refractivity contribution < 1.29 is 32.6 Å². The Hall–Kier alpha value is -2.42. The number of amides is 1. The second-order valence-electron chi connectivity index (χ2n) is 8.69. The first-order valence-electron chi connectivity index (χ1n) is 11.7. The summed E-state index contributed by atoms with van der Waals surface area (Å²) >= 11 is 1.27. The van der Waals surface area contributed by atoms with Gasteiger partial charge in [0.15, 0.2) is 10.8 Å². The number of nitrogens with zero attached hydrogens (tertiary/aromatic N) is 2. The number of aliphatic hydroxyl groups is 1. The summed E-state index contributed by atoms with van der Waals surface area (Å²) in [5, 5.41) is 16.9. The number of hydrogen-bond acceptors (Lipinski definition) is 10. The van der Waals surface area contributed by atoms with E-state index in [1.807, 2.05) is 0 Å². The number of oxime groups is 1. The number of hydrogen-bond donors (Lipinski definition) is 3.